The molecule has 2 fully saturated rings. The number of benzene rings is 4. The van der Waals surface area contributed by atoms with E-state index in [1.165, 1.54) is 26.0 Å². The average molecular weight is 837 g/mol. The van der Waals surface area contributed by atoms with Crippen molar-refractivity contribution < 1.29 is 45.5 Å². The van der Waals surface area contributed by atoms with E-state index in [0.29, 0.717) is 11.1 Å². The smallest absolute Gasteiger partial charge is 0.326 e. The summed E-state index contributed by atoms with van der Waals surface area (Å²) in [6, 6.07) is 18.3. The van der Waals surface area contributed by atoms with Crippen molar-refractivity contribution in [1.29, 1.82) is 0 Å². The van der Waals surface area contributed by atoms with Crippen LogP contribution in [-0.4, -0.2) is 36.7 Å². The highest BCUT2D eigenvalue weighted by Gasteiger charge is 2.53. The van der Waals surface area contributed by atoms with Gasteiger partial charge in [-0.15, -0.1) is 0 Å². The Kier molecular flexibility index (Phi) is 12.4. The Bertz CT molecular complexity index is 2150. The first-order valence-electron chi connectivity index (χ1n) is 19.4. The second-order valence-electron chi connectivity index (χ2n) is 16.7. The Balaban J connectivity index is 0.000000228. The number of nitrogens with zero attached hydrogens (tertiary/aromatic N) is 2. The van der Waals surface area contributed by atoms with Crippen LogP contribution in [0.2, 0.25) is 0 Å². The van der Waals surface area contributed by atoms with E-state index >= 15 is 0 Å². The molecule has 60 heavy (non-hydrogen) atoms. The molecule has 0 unspecified atom stereocenters. The lowest BCUT2D eigenvalue weighted by Crippen LogP contribution is -2.40. The van der Waals surface area contributed by atoms with Gasteiger partial charge in [-0.05, 0) is 125 Å². The third-order valence-electron chi connectivity index (χ3n) is 11.9. The van der Waals surface area contributed by atoms with E-state index in [1.54, 1.807) is 37.5 Å². The van der Waals surface area contributed by atoms with E-state index in [-0.39, 0.29) is 36.3 Å². The maximum Gasteiger partial charge on any atom is 0.416 e. The quantitative estimate of drug-likeness (QED) is 0.189. The molecule has 0 radical (unpaired) electrons. The summed E-state index contributed by atoms with van der Waals surface area (Å²) in [5, 5.41) is 5.22. The van der Waals surface area contributed by atoms with E-state index in [9.17, 15) is 45.5 Å². The lowest BCUT2D eigenvalue weighted by atomic mass is 9.80. The zero-order valence-electron chi connectivity index (χ0n) is 35.3. The largest absolute Gasteiger partial charge is 0.416 e. The van der Waals surface area contributed by atoms with Crippen molar-refractivity contribution in [2.24, 2.45) is 22.7 Å². The van der Waals surface area contributed by atoms with Crippen molar-refractivity contribution in [3.63, 3.8) is 0 Å². The number of nitrogens with one attached hydrogen (secondary N) is 2. The highest BCUT2D eigenvalue weighted by Crippen LogP contribution is 2.44. The van der Waals surface area contributed by atoms with Crippen LogP contribution in [-0.2, 0) is 31.5 Å². The number of para-hydroxylation sites is 2. The summed E-state index contributed by atoms with van der Waals surface area (Å²) >= 11 is 0. The Morgan fingerprint density at radius 1 is 0.567 bits per heavy atom. The van der Waals surface area contributed by atoms with E-state index in [2.05, 4.69) is 10.6 Å². The van der Waals surface area contributed by atoms with Crippen molar-refractivity contribution in [2.45, 2.75) is 81.6 Å². The zero-order valence-corrected chi connectivity index (χ0v) is 35.3. The Morgan fingerprint density at radius 3 is 1.15 bits per heavy atom. The van der Waals surface area contributed by atoms with Gasteiger partial charge in [0.2, 0.25) is 23.6 Å². The number of hydrogen-bond acceptors (Lipinski definition) is 4. The second-order valence-corrected chi connectivity index (χ2v) is 16.7. The number of hydrogen-bond donors (Lipinski definition) is 2. The highest BCUT2D eigenvalue weighted by molar-refractivity contribution is 6.08. The molecular formula is C46H50F6N4O4. The van der Waals surface area contributed by atoms with Crippen LogP contribution >= 0.6 is 0 Å². The number of halogens is 6. The zero-order chi connectivity index (χ0) is 44.9. The fourth-order valence-corrected chi connectivity index (χ4v) is 8.06. The molecule has 2 aliphatic rings. The number of rotatable bonds is 6. The van der Waals surface area contributed by atoms with E-state index in [4.69, 9.17) is 0 Å². The highest BCUT2D eigenvalue weighted by atomic mass is 19.4. The first-order valence-corrected chi connectivity index (χ1v) is 19.4. The van der Waals surface area contributed by atoms with Crippen LogP contribution in [0.4, 0.5) is 49.1 Å². The third-order valence-corrected chi connectivity index (χ3v) is 11.9. The van der Waals surface area contributed by atoms with Crippen molar-refractivity contribution in [3.8, 4) is 0 Å². The summed E-state index contributed by atoms with van der Waals surface area (Å²) in [4.78, 5) is 55.6. The van der Waals surface area contributed by atoms with Gasteiger partial charge in [0.25, 0.3) is 0 Å². The van der Waals surface area contributed by atoms with Gasteiger partial charge in [0.1, 0.15) is 0 Å². The van der Waals surface area contributed by atoms with Crippen LogP contribution in [0.1, 0.15) is 72.2 Å². The topological polar surface area (TPSA) is 98.8 Å². The summed E-state index contributed by atoms with van der Waals surface area (Å²) in [7, 11) is 0. The standard InChI is InChI=1S/2C23H25F3N2O2/c2*1-13-9-17(23(24,25)26)11-18(10-13)27-21(30)22(5)12-28(20(29)16(22)4)19-14(2)7-6-8-15(19)3/h2*6-11,16H,12H2,1-5H3,(H,27,30)/t16-,22+;16-,22-/m01/s1. The number of alkyl halides is 6. The van der Waals surface area contributed by atoms with Crippen LogP contribution in [0.15, 0.2) is 72.8 Å². The monoisotopic (exact) mass is 836 g/mol. The van der Waals surface area contributed by atoms with E-state index in [1.807, 2.05) is 64.1 Å². The predicted octanol–water partition coefficient (Wildman–Crippen LogP) is 10.5. The molecule has 0 bridgehead atoms. The number of aryl methyl sites for hydroxylation is 6. The molecule has 0 spiro atoms. The maximum absolute atomic E-state index is 13.1. The Labute approximate surface area is 346 Å². The Hall–Kier alpha value is -5.66. The Morgan fingerprint density at radius 2 is 0.867 bits per heavy atom. The van der Waals surface area contributed by atoms with Crippen LogP contribution in [0.5, 0.6) is 0 Å². The van der Waals surface area contributed by atoms with Gasteiger partial charge < -0.3 is 20.4 Å². The van der Waals surface area contributed by atoms with Crippen molar-refractivity contribution in [1.82, 2.24) is 0 Å². The van der Waals surface area contributed by atoms with Crippen LogP contribution in [0, 0.1) is 64.2 Å². The molecule has 0 aromatic heterocycles. The second kappa shape index (κ2) is 16.4. The van der Waals surface area contributed by atoms with Crippen molar-refractivity contribution >= 4 is 46.4 Å². The van der Waals surface area contributed by atoms with Crippen molar-refractivity contribution in [2.75, 3.05) is 33.5 Å². The molecule has 2 N–H and O–H groups in total. The van der Waals surface area contributed by atoms with E-state index in [0.717, 1.165) is 57.9 Å². The maximum atomic E-state index is 13.1. The summed E-state index contributed by atoms with van der Waals surface area (Å²) < 4.78 is 78.8. The fourth-order valence-electron chi connectivity index (χ4n) is 8.06. The van der Waals surface area contributed by atoms with Gasteiger partial charge in [-0.1, -0.05) is 50.2 Å². The molecule has 4 atom stereocenters. The summed E-state index contributed by atoms with van der Waals surface area (Å²) in [5.41, 5.74) is 2.34. The third kappa shape index (κ3) is 8.92. The number of amides is 4. The molecule has 320 valence electrons. The first kappa shape index (κ1) is 45.4. The molecule has 2 saturated heterocycles. The summed E-state index contributed by atoms with van der Waals surface area (Å²) in [6.07, 6.45) is -9.02. The number of anilines is 4. The predicted molar refractivity (Wildman–Crippen MR) is 221 cm³/mol. The SMILES string of the molecule is Cc1cc(NC(=O)[C@]2(C)CN(c3c(C)cccc3C)C(=O)[C@@H]2C)cc(C(F)(F)F)c1.Cc1cc(NC(=O)[C@]2(C)CN(c3c(C)cccc3C)C(=O)[C@H]2C)cc(C(F)(F)F)c1. The molecule has 14 heteroatoms. The minimum Gasteiger partial charge on any atom is -0.326 e. The number of carbonyl (C=O) groups is 4. The normalized spacial score (nSPS) is 21.8. The fraction of sp³-hybridized carbons (Fsp3) is 0.391. The minimum atomic E-state index is -4.51. The van der Waals surface area contributed by atoms with Crippen LogP contribution in [0.25, 0.3) is 0 Å². The van der Waals surface area contributed by atoms with Gasteiger partial charge in [0.15, 0.2) is 0 Å². The first-order chi connectivity index (χ1) is 27.7. The average Bonchev–Trinajstić information content (AvgIpc) is 3.51. The molecule has 2 heterocycles. The summed E-state index contributed by atoms with van der Waals surface area (Å²) in [5.74, 6) is -2.55. The summed E-state index contributed by atoms with van der Waals surface area (Å²) in [6.45, 7) is 17.7. The van der Waals surface area contributed by atoms with Gasteiger partial charge in [0, 0.05) is 35.8 Å². The lowest BCUT2D eigenvalue weighted by Gasteiger charge is -2.27. The lowest BCUT2D eigenvalue weighted by molar-refractivity contribution is -0.138. The molecule has 4 amide bonds. The van der Waals surface area contributed by atoms with Gasteiger partial charge >= 0.3 is 12.4 Å². The molecule has 0 aliphatic carbocycles. The molecule has 8 nitrogen and oxygen atoms in total. The molecule has 4 aromatic rings. The molecule has 2 aliphatic heterocycles. The minimum absolute atomic E-state index is 0.0683. The van der Waals surface area contributed by atoms with Crippen LogP contribution < -0.4 is 20.4 Å². The number of carbonyl (C=O) groups excluding carboxylic acids is 4. The van der Waals surface area contributed by atoms with E-state index < -0.39 is 58.0 Å². The van der Waals surface area contributed by atoms with Crippen molar-refractivity contribution in [3.05, 3.63) is 117 Å². The van der Waals surface area contributed by atoms with Gasteiger partial charge in [-0.3, -0.25) is 19.2 Å². The van der Waals surface area contributed by atoms with Gasteiger partial charge in [-0.25, -0.2) is 0 Å². The molecular weight excluding hydrogens is 787 g/mol. The molecule has 0 saturated carbocycles. The van der Waals surface area contributed by atoms with Gasteiger partial charge in [0.05, 0.1) is 33.8 Å². The molecule has 4 aromatic carbocycles. The van der Waals surface area contributed by atoms with Crippen LogP contribution in [0.3, 0.4) is 0 Å². The van der Waals surface area contributed by atoms with Gasteiger partial charge in [-0.2, -0.15) is 26.3 Å². The molecule has 6 rings (SSSR count).